The van der Waals surface area contributed by atoms with Gasteiger partial charge in [-0.1, -0.05) is 13.8 Å². The highest BCUT2D eigenvalue weighted by Crippen LogP contribution is 2.35. The average molecular weight is 318 g/mol. The first kappa shape index (κ1) is 15.8. The summed E-state index contributed by atoms with van der Waals surface area (Å²) in [5.41, 5.74) is -1.95. The standard InChI is InChI=1S/C12H15FN2O5S/c1-8(2)12(16)6-14(7-12)21(19,20)11-4-3-9(13)5-10(11)15(17)18/h3-5,8,16H,6-7H2,1-2H3. The minimum Gasteiger partial charge on any atom is -0.387 e. The monoisotopic (exact) mass is 318 g/mol. The van der Waals surface area contributed by atoms with E-state index in [1.807, 2.05) is 0 Å². The normalized spacial score (nSPS) is 18.5. The molecule has 1 saturated heterocycles. The second-order valence-electron chi connectivity index (χ2n) is 5.40. The molecule has 1 fully saturated rings. The molecule has 0 amide bonds. The van der Waals surface area contributed by atoms with Gasteiger partial charge in [0.05, 0.1) is 16.6 Å². The van der Waals surface area contributed by atoms with Gasteiger partial charge in [-0.2, -0.15) is 4.31 Å². The summed E-state index contributed by atoms with van der Waals surface area (Å²) < 4.78 is 38.7. The number of hydrogen-bond donors (Lipinski definition) is 1. The Morgan fingerprint density at radius 2 is 2.00 bits per heavy atom. The van der Waals surface area contributed by atoms with Crippen molar-refractivity contribution in [3.63, 3.8) is 0 Å². The van der Waals surface area contributed by atoms with Crippen LogP contribution in [0.25, 0.3) is 0 Å². The molecule has 0 aliphatic carbocycles. The average Bonchev–Trinajstić information content (AvgIpc) is 2.33. The van der Waals surface area contributed by atoms with E-state index < -0.39 is 36.9 Å². The summed E-state index contributed by atoms with van der Waals surface area (Å²) in [5, 5.41) is 21.0. The highest BCUT2D eigenvalue weighted by atomic mass is 32.2. The highest BCUT2D eigenvalue weighted by molar-refractivity contribution is 7.89. The van der Waals surface area contributed by atoms with E-state index in [-0.39, 0.29) is 19.0 Å². The molecule has 0 unspecified atom stereocenters. The van der Waals surface area contributed by atoms with Gasteiger partial charge in [0.25, 0.3) is 5.69 Å². The molecule has 0 aromatic heterocycles. The zero-order chi connectivity index (χ0) is 16.0. The van der Waals surface area contributed by atoms with Crippen LogP contribution in [-0.4, -0.2) is 41.4 Å². The third kappa shape index (κ3) is 2.63. The molecule has 0 spiro atoms. The number of nitro benzene ring substituents is 1. The molecule has 0 atom stereocenters. The molecular weight excluding hydrogens is 303 g/mol. The van der Waals surface area contributed by atoms with E-state index in [0.29, 0.717) is 6.07 Å². The van der Waals surface area contributed by atoms with E-state index in [4.69, 9.17) is 0 Å². The van der Waals surface area contributed by atoms with Gasteiger partial charge in [-0.05, 0) is 18.1 Å². The fourth-order valence-corrected chi connectivity index (χ4v) is 3.79. The Labute approximate surface area is 121 Å². The van der Waals surface area contributed by atoms with Crippen molar-refractivity contribution in [2.45, 2.75) is 24.3 Å². The summed E-state index contributed by atoms with van der Waals surface area (Å²) >= 11 is 0. The molecule has 1 aliphatic heterocycles. The molecule has 21 heavy (non-hydrogen) atoms. The minimum atomic E-state index is -4.13. The smallest absolute Gasteiger partial charge is 0.292 e. The van der Waals surface area contributed by atoms with Gasteiger partial charge in [0, 0.05) is 13.1 Å². The second kappa shape index (κ2) is 5.00. The Balaban J connectivity index is 2.37. The predicted molar refractivity (Wildman–Crippen MR) is 71.6 cm³/mol. The zero-order valence-electron chi connectivity index (χ0n) is 11.5. The van der Waals surface area contributed by atoms with Crippen LogP contribution in [0.3, 0.4) is 0 Å². The fraction of sp³-hybridized carbons (Fsp3) is 0.500. The molecule has 9 heteroatoms. The lowest BCUT2D eigenvalue weighted by molar-refractivity contribution is -0.388. The SMILES string of the molecule is CC(C)C1(O)CN(S(=O)(=O)c2ccc(F)cc2[N+](=O)[O-])C1. The van der Waals surface area contributed by atoms with Crippen molar-refractivity contribution < 1.29 is 22.8 Å². The molecular formula is C12H15FN2O5S. The van der Waals surface area contributed by atoms with Crippen LogP contribution in [0.2, 0.25) is 0 Å². The molecule has 1 aromatic carbocycles. The van der Waals surface area contributed by atoms with Crippen molar-refractivity contribution in [2.24, 2.45) is 5.92 Å². The molecule has 2 rings (SSSR count). The number of benzene rings is 1. The van der Waals surface area contributed by atoms with Crippen molar-refractivity contribution in [2.75, 3.05) is 13.1 Å². The van der Waals surface area contributed by atoms with Crippen LogP contribution in [0.4, 0.5) is 10.1 Å². The van der Waals surface area contributed by atoms with Crippen LogP contribution in [0.1, 0.15) is 13.8 Å². The number of aliphatic hydroxyl groups is 1. The summed E-state index contributed by atoms with van der Waals surface area (Å²) in [7, 11) is -4.13. The molecule has 116 valence electrons. The predicted octanol–water partition coefficient (Wildman–Crippen LogP) is 1.13. The number of nitro groups is 1. The largest absolute Gasteiger partial charge is 0.387 e. The molecule has 1 N–H and O–H groups in total. The molecule has 1 aliphatic rings. The fourth-order valence-electron chi connectivity index (χ4n) is 2.09. The Morgan fingerprint density at radius 3 is 2.48 bits per heavy atom. The Bertz CT molecular complexity index is 683. The van der Waals surface area contributed by atoms with Gasteiger partial charge in [0.2, 0.25) is 10.0 Å². The lowest BCUT2D eigenvalue weighted by atomic mass is 9.85. The van der Waals surface area contributed by atoms with Crippen LogP contribution >= 0.6 is 0 Å². The number of hydrogen-bond acceptors (Lipinski definition) is 5. The summed E-state index contributed by atoms with van der Waals surface area (Å²) in [6.45, 7) is 3.23. The minimum absolute atomic E-state index is 0.137. The van der Waals surface area contributed by atoms with Crippen molar-refractivity contribution in [1.82, 2.24) is 4.31 Å². The van der Waals surface area contributed by atoms with E-state index in [1.54, 1.807) is 13.8 Å². The molecule has 7 nitrogen and oxygen atoms in total. The van der Waals surface area contributed by atoms with Gasteiger partial charge in [-0.15, -0.1) is 0 Å². The first-order valence-electron chi connectivity index (χ1n) is 6.24. The van der Waals surface area contributed by atoms with Crippen molar-refractivity contribution in [3.05, 3.63) is 34.1 Å². The maximum absolute atomic E-state index is 13.1. The Hall–Kier alpha value is -1.58. The first-order valence-corrected chi connectivity index (χ1v) is 7.68. The number of nitrogens with zero attached hydrogens (tertiary/aromatic N) is 2. The zero-order valence-corrected chi connectivity index (χ0v) is 12.3. The van der Waals surface area contributed by atoms with E-state index in [9.17, 15) is 28.0 Å². The van der Waals surface area contributed by atoms with Crippen LogP contribution < -0.4 is 0 Å². The van der Waals surface area contributed by atoms with Gasteiger partial charge in [-0.3, -0.25) is 10.1 Å². The lowest BCUT2D eigenvalue weighted by Crippen LogP contribution is -2.65. The van der Waals surface area contributed by atoms with Gasteiger partial charge < -0.3 is 5.11 Å². The molecule has 0 radical (unpaired) electrons. The topological polar surface area (TPSA) is 101 Å². The van der Waals surface area contributed by atoms with Gasteiger partial charge in [-0.25, -0.2) is 12.8 Å². The lowest BCUT2D eigenvalue weighted by Gasteiger charge is -2.47. The van der Waals surface area contributed by atoms with E-state index in [0.717, 1.165) is 16.4 Å². The maximum Gasteiger partial charge on any atom is 0.292 e. The van der Waals surface area contributed by atoms with Crippen LogP contribution in [0.15, 0.2) is 23.1 Å². The summed E-state index contributed by atoms with van der Waals surface area (Å²) in [6, 6.07) is 2.30. The van der Waals surface area contributed by atoms with Crippen LogP contribution in [0.5, 0.6) is 0 Å². The molecule has 0 saturated carbocycles. The first-order chi connectivity index (χ1) is 9.58. The third-order valence-corrected chi connectivity index (χ3v) is 5.55. The quantitative estimate of drug-likeness (QED) is 0.662. The number of β-amino-alcohol motifs (C(OH)–C–C–N with tert-alkyl or cyclic N) is 1. The second-order valence-corrected chi connectivity index (χ2v) is 7.31. The Morgan fingerprint density at radius 1 is 1.43 bits per heavy atom. The van der Waals surface area contributed by atoms with E-state index >= 15 is 0 Å². The van der Waals surface area contributed by atoms with Crippen LogP contribution in [-0.2, 0) is 10.0 Å². The van der Waals surface area contributed by atoms with Crippen LogP contribution in [0, 0.1) is 21.8 Å². The molecule has 1 heterocycles. The van der Waals surface area contributed by atoms with Gasteiger partial charge >= 0.3 is 0 Å². The maximum atomic E-state index is 13.1. The number of rotatable bonds is 4. The summed E-state index contributed by atoms with van der Waals surface area (Å²) in [4.78, 5) is 9.38. The number of sulfonamides is 1. The number of halogens is 1. The van der Waals surface area contributed by atoms with Crippen molar-refractivity contribution in [3.8, 4) is 0 Å². The van der Waals surface area contributed by atoms with E-state index in [1.165, 1.54) is 0 Å². The summed E-state index contributed by atoms with van der Waals surface area (Å²) in [6.07, 6.45) is 0. The third-order valence-electron chi connectivity index (χ3n) is 3.71. The Kier molecular flexibility index (Phi) is 3.77. The van der Waals surface area contributed by atoms with E-state index in [2.05, 4.69) is 0 Å². The van der Waals surface area contributed by atoms with Gasteiger partial charge in [0.15, 0.2) is 4.90 Å². The molecule has 1 aromatic rings. The highest BCUT2D eigenvalue weighted by Gasteiger charge is 2.50. The van der Waals surface area contributed by atoms with Gasteiger partial charge in [0.1, 0.15) is 5.82 Å². The molecule has 0 bridgehead atoms. The van der Waals surface area contributed by atoms with Crippen molar-refractivity contribution in [1.29, 1.82) is 0 Å². The van der Waals surface area contributed by atoms with Crippen molar-refractivity contribution >= 4 is 15.7 Å². The summed E-state index contributed by atoms with van der Waals surface area (Å²) in [5.74, 6) is -1.03.